The van der Waals surface area contributed by atoms with Gasteiger partial charge in [0.1, 0.15) is 11.6 Å². The SMILES string of the molecule is CSc1cccc(C(=O)c2c(F)cccc2F)c1. The Balaban J connectivity index is 2.48. The largest absolute Gasteiger partial charge is 0.288 e. The highest BCUT2D eigenvalue weighted by atomic mass is 32.2. The summed E-state index contributed by atoms with van der Waals surface area (Å²) >= 11 is 1.46. The molecule has 0 bridgehead atoms. The number of carbonyl (C=O) groups is 1. The summed E-state index contributed by atoms with van der Waals surface area (Å²) in [5, 5.41) is 0. The van der Waals surface area contributed by atoms with E-state index in [-0.39, 0.29) is 5.56 Å². The van der Waals surface area contributed by atoms with Crippen molar-refractivity contribution in [3.05, 3.63) is 65.2 Å². The van der Waals surface area contributed by atoms with Crippen LogP contribution in [0.4, 0.5) is 8.78 Å². The van der Waals surface area contributed by atoms with Gasteiger partial charge in [0, 0.05) is 10.5 Å². The van der Waals surface area contributed by atoms with Crippen molar-refractivity contribution in [2.75, 3.05) is 6.26 Å². The number of ketones is 1. The van der Waals surface area contributed by atoms with Crippen LogP contribution in [0.15, 0.2) is 47.4 Å². The zero-order chi connectivity index (χ0) is 13.1. The first-order chi connectivity index (χ1) is 8.63. The first-order valence-corrected chi connectivity index (χ1v) is 6.48. The number of thioether (sulfide) groups is 1. The Kier molecular flexibility index (Phi) is 3.77. The molecule has 92 valence electrons. The molecule has 2 aromatic carbocycles. The zero-order valence-electron chi connectivity index (χ0n) is 9.61. The Morgan fingerprint density at radius 1 is 1.06 bits per heavy atom. The Morgan fingerprint density at radius 3 is 2.28 bits per heavy atom. The van der Waals surface area contributed by atoms with Crippen molar-refractivity contribution in [2.45, 2.75) is 4.90 Å². The van der Waals surface area contributed by atoms with E-state index in [0.717, 1.165) is 17.0 Å². The lowest BCUT2D eigenvalue weighted by atomic mass is 10.0. The molecule has 0 aliphatic rings. The van der Waals surface area contributed by atoms with Crippen molar-refractivity contribution in [3.63, 3.8) is 0 Å². The van der Waals surface area contributed by atoms with Crippen molar-refractivity contribution in [2.24, 2.45) is 0 Å². The first kappa shape index (κ1) is 12.8. The normalized spacial score (nSPS) is 10.4. The predicted octanol–water partition coefficient (Wildman–Crippen LogP) is 3.92. The molecule has 0 amide bonds. The van der Waals surface area contributed by atoms with E-state index < -0.39 is 23.0 Å². The second-order valence-corrected chi connectivity index (χ2v) is 4.54. The summed E-state index contributed by atoms with van der Waals surface area (Å²) < 4.78 is 27.0. The third kappa shape index (κ3) is 2.43. The van der Waals surface area contributed by atoms with Gasteiger partial charge >= 0.3 is 0 Å². The molecule has 2 rings (SSSR count). The molecule has 0 heterocycles. The fourth-order valence-electron chi connectivity index (χ4n) is 1.62. The summed E-state index contributed by atoms with van der Waals surface area (Å²) in [6.45, 7) is 0. The molecule has 0 fully saturated rings. The Labute approximate surface area is 108 Å². The molecule has 1 nitrogen and oxygen atoms in total. The van der Waals surface area contributed by atoms with Gasteiger partial charge in [-0.05, 0) is 30.5 Å². The quantitative estimate of drug-likeness (QED) is 0.617. The van der Waals surface area contributed by atoms with Crippen molar-refractivity contribution < 1.29 is 13.6 Å². The van der Waals surface area contributed by atoms with E-state index in [4.69, 9.17) is 0 Å². The molecular weight excluding hydrogens is 254 g/mol. The van der Waals surface area contributed by atoms with Crippen molar-refractivity contribution >= 4 is 17.5 Å². The summed E-state index contributed by atoms with van der Waals surface area (Å²) in [6.07, 6.45) is 1.87. The maximum atomic E-state index is 13.5. The predicted molar refractivity (Wildman–Crippen MR) is 68.0 cm³/mol. The molecule has 2 aromatic rings. The van der Waals surface area contributed by atoms with Crippen LogP contribution in [-0.2, 0) is 0 Å². The lowest BCUT2D eigenvalue weighted by molar-refractivity contribution is 0.103. The van der Waals surface area contributed by atoms with Gasteiger partial charge in [-0.15, -0.1) is 11.8 Å². The highest BCUT2D eigenvalue weighted by molar-refractivity contribution is 7.98. The van der Waals surface area contributed by atoms with Gasteiger partial charge in [-0.25, -0.2) is 8.78 Å². The van der Waals surface area contributed by atoms with Crippen LogP contribution in [0, 0.1) is 11.6 Å². The number of halogens is 2. The van der Waals surface area contributed by atoms with Crippen LogP contribution in [0.2, 0.25) is 0 Å². The molecule has 0 saturated heterocycles. The number of carbonyl (C=O) groups excluding carboxylic acids is 1. The highest BCUT2D eigenvalue weighted by Gasteiger charge is 2.18. The van der Waals surface area contributed by atoms with Gasteiger partial charge in [-0.3, -0.25) is 4.79 Å². The molecule has 0 saturated carbocycles. The van der Waals surface area contributed by atoms with Gasteiger partial charge in [0.25, 0.3) is 0 Å². The van der Waals surface area contributed by atoms with E-state index in [2.05, 4.69) is 0 Å². The van der Waals surface area contributed by atoms with E-state index in [1.165, 1.54) is 17.8 Å². The van der Waals surface area contributed by atoms with Gasteiger partial charge in [0.05, 0.1) is 5.56 Å². The van der Waals surface area contributed by atoms with Crippen LogP contribution in [0.3, 0.4) is 0 Å². The Morgan fingerprint density at radius 2 is 1.67 bits per heavy atom. The van der Waals surface area contributed by atoms with E-state index in [0.29, 0.717) is 0 Å². The fourth-order valence-corrected chi connectivity index (χ4v) is 2.08. The van der Waals surface area contributed by atoms with Crippen molar-refractivity contribution in [3.8, 4) is 0 Å². The number of benzene rings is 2. The summed E-state index contributed by atoms with van der Waals surface area (Å²) in [4.78, 5) is 12.9. The van der Waals surface area contributed by atoms with Gasteiger partial charge in [-0.1, -0.05) is 18.2 Å². The standard InChI is InChI=1S/C14H10F2OS/c1-18-10-5-2-4-9(8-10)14(17)13-11(15)6-3-7-12(13)16/h2-8H,1H3. The summed E-state index contributed by atoms with van der Waals surface area (Å²) in [5.41, 5.74) is -0.221. The average Bonchev–Trinajstić information content (AvgIpc) is 2.38. The second-order valence-electron chi connectivity index (χ2n) is 3.66. The fraction of sp³-hybridized carbons (Fsp3) is 0.0714. The number of hydrogen-bond donors (Lipinski definition) is 0. The Hall–Kier alpha value is -1.68. The third-order valence-electron chi connectivity index (χ3n) is 2.52. The van der Waals surface area contributed by atoms with E-state index >= 15 is 0 Å². The minimum atomic E-state index is -0.838. The van der Waals surface area contributed by atoms with E-state index in [9.17, 15) is 13.6 Å². The second kappa shape index (κ2) is 5.31. The maximum Gasteiger partial charge on any atom is 0.198 e. The molecule has 4 heteroatoms. The van der Waals surface area contributed by atoms with Gasteiger partial charge in [-0.2, -0.15) is 0 Å². The maximum absolute atomic E-state index is 13.5. The van der Waals surface area contributed by atoms with Crippen LogP contribution in [0.1, 0.15) is 15.9 Å². The minimum Gasteiger partial charge on any atom is -0.288 e. The lowest BCUT2D eigenvalue weighted by Crippen LogP contribution is -2.07. The third-order valence-corrected chi connectivity index (χ3v) is 3.25. The summed E-state index contributed by atoms with van der Waals surface area (Å²) in [5.74, 6) is -2.31. The summed E-state index contributed by atoms with van der Waals surface area (Å²) in [6, 6.07) is 10.1. The molecule has 0 radical (unpaired) electrons. The molecule has 0 aliphatic carbocycles. The van der Waals surface area contributed by atoms with Crippen LogP contribution >= 0.6 is 11.8 Å². The molecule has 0 spiro atoms. The zero-order valence-corrected chi connectivity index (χ0v) is 10.4. The van der Waals surface area contributed by atoms with Gasteiger partial charge in [0.15, 0.2) is 5.78 Å². The highest BCUT2D eigenvalue weighted by Crippen LogP contribution is 2.21. The van der Waals surface area contributed by atoms with E-state index in [1.54, 1.807) is 18.2 Å². The lowest BCUT2D eigenvalue weighted by Gasteiger charge is -2.05. The molecule has 0 unspecified atom stereocenters. The minimum absolute atomic E-state index is 0.283. The van der Waals surface area contributed by atoms with Crippen LogP contribution < -0.4 is 0 Å². The van der Waals surface area contributed by atoms with Crippen molar-refractivity contribution in [1.82, 2.24) is 0 Å². The molecule has 0 N–H and O–H groups in total. The molecule has 18 heavy (non-hydrogen) atoms. The Bertz CT molecular complexity index is 576. The molecule has 0 aromatic heterocycles. The first-order valence-electron chi connectivity index (χ1n) is 5.26. The van der Waals surface area contributed by atoms with Crippen LogP contribution in [0.25, 0.3) is 0 Å². The molecule has 0 aliphatic heterocycles. The van der Waals surface area contributed by atoms with Gasteiger partial charge < -0.3 is 0 Å². The monoisotopic (exact) mass is 264 g/mol. The van der Waals surface area contributed by atoms with Gasteiger partial charge in [0.2, 0.25) is 0 Å². The van der Waals surface area contributed by atoms with Crippen LogP contribution in [-0.4, -0.2) is 12.0 Å². The topological polar surface area (TPSA) is 17.1 Å². The number of hydrogen-bond acceptors (Lipinski definition) is 2. The average molecular weight is 264 g/mol. The molecule has 0 atom stereocenters. The molecular formula is C14H10F2OS. The summed E-state index contributed by atoms with van der Waals surface area (Å²) in [7, 11) is 0. The van der Waals surface area contributed by atoms with E-state index in [1.807, 2.05) is 12.3 Å². The van der Waals surface area contributed by atoms with Crippen LogP contribution in [0.5, 0.6) is 0 Å². The smallest absolute Gasteiger partial charge is 0.198 e. The van der Waals surface area contributed by atoms with Crippen molar-refractivity contribution in [1.29, 1.82) is 0 Å². The number of rotatable bonds is 3.